The smallest absolute Gasteiger partial charge is 0.306 e. The maximum atomic E-state index is 10.5. The fourth-order valence-electron chi connectivity index (χ4n) is 0.569. The molecule has 0 N–H and O–H groups in total. The third-order valence-corrected chi connectivity index (χ3v) is 1.23. The average molecular weight is 190 g/mol. The van der Waals surface area contributed by atoms with E-state index in [1.807, 2.05) is 0 Å². The predicted octanol–water partition coefficient (Wildman–Crippen LogP) is 0.104. The molecule has 0 atom stereocenters. The van der Waals surface area contributed by atoms with Crippen LogP contribution in [0.2, 0.25) is 0 Å². The standard InChI is InChI=1S/C8H16NO4/c1-7(10)12-5-9(3,4)6-13-8(2)11/h5-6H2,1-4H3/q+1. The van der Waals surface area contributed by atoms with Gasteiger partial charge < -0.3 is 9.47 Å². The van der Waals surface area contributed by atoms with Gasteiger partial charge in [0.25, 0.3) is 0 Å². The third-order valence-electron chi connectivity index (χ3n) is 1.23. The Labute approximate surface area is 77.8 Å². The van der Waals surface area contributed by atoms with Crippen molar-refractivity contribution in [3.63, 3.8) is 0 Å². The van der Waals surface area contributed by atoms with Crippen molar-refractivity contribution in [2.45, 2.75) is 13.8 Å². The number of esters is 2. The van der Waals surface area contributed by atoms with Gasteiger partial charge >= 0.3 is 11.9 Å². The van der Waals surface area contributed by atoms with Gasteiger partial charge in [-0.15, -0.1) is 0 Å². The molecule has 0 radical (unpaired) electrons. The first-order valence-electron chi connectivity index (χ1n) is 3.92. The van der Waals surface area contributed by atoms with E-state index in [9.17, 15) is 9.59 Å². The lowest BCUT2D eigenvalue weighted by Crippen LogP contribution is -2.44. The molecule has 0 saturated heterocycles. The molecule has 0 aromatic carbocycles. The van der Waals surface area contributed by atoms with Gasteiger partial charge in [-0.25, -0.2) is 0 Å². The summed E-state index contributed by atoms with van der Waals surface area (Å²) < 4.78 is 9.87. The fourth-order valence-corrected chi connectivity index (χ4v) is 0.569. The van der Waals surface area contributed by atoms with Crippen LogP contribution in [0.3, 0.4) is 0 Å². The van der Waals surface area contributed by atoms with E-state index < -0.39 is 0 Å². The largest absolute Gasteiger partial charge is 0.415 e. The second kappa shape index (κ2) is 4.81. The van der Waals surface area contributed by atoms with Crippen LogP contribution in [0.15, 0.2) is 0 Å². The SMILES string of the molecule is CC(=O)OC[N+](C)(C)COC(C)=O. The van der Waals surface area contributed by atoms with Crippen molar-refractivity contribution in [3.8, 4) is 0 Å². The number of hydrogen-bond donors (Lipinski definition) is 0. The molecule has 0 spiro atoms. The molecular weight excluding hydrogens is 174 g/mol. The van der Waals surface area contributed by atoms with Gasteiger partial charge in [0, 0.05) is 13.8 Å². The minimum atomic E-state index is -0.339. The normalized spacial score (nSPS) is 10.8. The highest BCUT2D eigenvalue weighted by molar-refractivity contribution is 5.66. The molecular formula is C8H16NO4+. The van der Waals surface area contributed by atoms with Crippen LogP contribution in [0.5, 0.6) is 0 Å². The van der Waals surface area contributed by atoms with Crippen molar-refractivity contribution < 1.29 is 23.5 Å². The lowest BCUT2D eigenvalue weighted by atomic mass is 10.7. The first-order valence-corrected chi connectivity index (χ1v) is 3.92. The van der Waals surface area contributed by atoms with Crippen LogP contribution in [0, 0.1) is 0 Å². The molecule has 13 heavy (non-hydrogen) atoms. The Morgan fingerprint density at radius 1 is 1.00 bits per heavy atom. The molecule has 0 fully saturated rings. The fraction of sp³-hybridized carbons (Fsp3) is 0.750. The zero-order valence-corrected chi connectivity index (χ0v) is 8.49. The summed E-state index contributed by atoms with van der Waals surface area (Å²) in [5, 5.41) is 0. The zero-order valence-electron chi connectivity index (χ0n) is 8.49. The van der Waals surface area contributed by atoms with Crippen molar-refractivity contribution >= 4 is 11.9 Å². The highest BCUT2D eigenvalue weighted by atomic mass is 16.6. The molecule has 0 saturated carbocycles. The highest BCUT2D eigenvalue weighted by Gasteiger charge is 2.17. The second-order valence-corrected chi connectivity index (χ2v) is 3.47. The molecule has 0 aliphatic rings. The molecule has 0 heterocycles. The Kier molecular flexibility index (Phi) is 4.40. The second-order valence-electron chi connectivity index (χ2n) is 3.47. The minimum Gasteiger partial charge on any atom is -0.415 e. The summed E-state index contributed by atoms with van der Waals surface area (Å²) in [7, 11) is 3.60. The van der Waals surface area contributed by atoms with Gasteiger partial charge in [-0.2, -0.15) is 0 Å². The van der Waals surface area contributed by atoms with Crippen LogP contribution < -0.4 is 0 Å². The Morgan fingerprint density at radius 3 is 1.54 bits per heavy atom. The van der Waals surface area contributed by atoms with Crippen molar-refractivity contribution in [1.82, 2.24) is 0 Å². The lowest BCUT2D eigenvalue weighted by molar-refractivity contribution is -0.923. The van der Waals surface area contributed by atoms with Gasteiger partial charge in [0.2, 0.25) is 13.5 Å². The molecule has 0 rings (SSSR count). The molecule has 0 aliphatic heterocycles. The Hall–Kier alpha value is -1.10. The maximum Gasteiger partial charge on any atom is 0.306 e. The van der Waals surface area contributed by atoms with Crippen LogP contribution >= 0.6 is 0 Å². The lowest BCUT2D eigenvalue weighted by Gasteiger charge is -2.27. The van der Waals surface area contributed by atoms with E-state index in [1.54, 1.807) is 14.1 Å². The monoisotopic (exact) mass is 190 g/mol. The summed E-state index contributed by atoms with van der Waals surface area (Å²) in [6, 6.07) is 0. The highest BCUT2D eigenvalue weighted by Crippen LogP contribution is 1.98. The quantitative estimate of drug-likeness (QED) is 0.358. The van der Waals surface area contributed by atoms with E-state index >= 15 is 0 Å². The number of rotatable bonds is 4. The summed E-state index contributed by atoms with van der Waals surface area (Å²) in [4.78, 5) is 21.0. The maximum absolute atomic E-state index is 10.5. The molecule has 0 aliphatic carbocycles. The Morgan fingerprint density at radius 2 is 1.31 bits per heavy atom. The van der Waals surface area contributed by atoms with E-state index in [-0.39, 0.29) is 25.4 Å². The summed E-state index contributed by atoms with van der Waals surface area (Å²) in [6.45, 7) is 3.07. The van der Waals surface area contributed by atoms with E-state index in [0.29, 0.717) is 4.48 Å². The Balaban J connectivity index is 3.79. The molecule has 5 heteroatoms. The Bertz CT molecular complexity index is 180. The van der Waals surface area contributed by atoms with Gasteiger partial charge in [0.05, 0.1) is 14.1 Å². The number of ether oxygens (including phenoxy) is 2. The summed E-state index contributed by atoms with van der Waals surface area (Å²) >= 11 is 0. The van der Waals surface area contributed by atoms with Crippen LogP contribution in [0.25, 0.3) is 0 Å². The summed E-state index contributed by atoms with van der Waals surface area (Å²) in [5.41, 5.74) is 0. The van der Waals surface area contributed by atoms with Gasteiger partial charge in [-0.1, -0.05) is 0 Å². The topological polar surface area (TPSA) is 52.6 Å². The van der Waals surface area contributed by atoms with Gasteiger partial charge in [-0.05, 0) is 0 Å². The van der Waals surface area contributed by atoms with Crippen molar-refractivity contribution in [3.05, 3.63) is 0 Å². The number of quaternary nitrogens is 1. The van der Waals surface area contributed by atoms with Gasteiger partial charge in [-0.3, -0.25) is 14.1 Å². The van der Waals surface area contributed by atoms with Gasteiger partial charge in [0.1, 0.15) is 0 Å². The van der Waals surface area contributed by atoms with Gasteiger partial charge in [0.15, 0.2) is 0 Å². The first-order chi connectivity index (χ1) is 5.83. The van der Waals surface area contributed by atoms with Crippen molar-refractivity contribution in [2.75, 3.05) is 27.6 Å². The number of nitrogens with zero attached hydrogens (tertiary/aromatic N) is 1. The van der Waals surface area contributed by atoms with Crippen LogP contribution in [-0.4, -0.2) is 44.0 Å². The first kappa shape index (κ1) is 11.9. The minimum absolute atomic E-state index is 0.197. The molecule has 5 nitrogen and oxygen atoms in total. The molecule has 0 amide bonds. The number of carbonyl (C=O) groups excluding carboxylic acids is 2. The number of carbonyl (C=O) groups is 2. The van der Waals surface area contributed by atoms with E-state index in [1.165, 1.54) is 13.8 Å². The van der Waals surface area contributed by atoms with Crippen LogP contribution in [0.1, 0.15) is 13.8 Å². The molecule has 0 bridgehead atoms. The molecule has 0 unspecified atom stereocenters. The van der Waals surface area contributed by atoms with E-state index in [0.717, 1.165) is 0 Å². The van der Waals surface area contributed by atoms with E-state index in [2.05, 4.69) is 0 Å². The third kappa shape index (κ3) is 7.27. The number of hydrogen-bond acceptors (Lipinski definition) is 4. The molecule has 76 valence electrons. The van der Waals surface area contributed by atoms with Crippen LogP contribution in [-0.2, 0) is 19.1 Å². The van der Waals surface area contributed by atoms with Crippen LogP contribution in [0.4, 0.5) is 0 Å². The average Bonchev–Trinajstić information content (AvgIpc) is 1.98. The van der Waals surface area contributed by atoms with Crippen molar-refractivity contribution in [2.24, 2.45) is 0 Å². The summed E-state index contributed by atoms with van der Waals surface area (Å²) in [5.74, 6) is -0.678. The molecule has 0 aromatic rings. The predicted molar refractivity (Wildman–Crippen MR) is 45.4 cm³/mol. The summed E-state index contributed by atoms with van der Waals surface area (Å²) in [6.07, 6.45) is 0. The molecule has 0 aromatic heterocycles. The van der Waals surface area contributed by atoms with E-state index in [4.69, 9.17) is 9.47 Å². The zero-order chi connectivity index (χ0) is 10.5. The van der Waals surface area contributed by atoms with Crippen molar-refractivity contribution in [1.29, 1.82) is 0 Å².